The van der Waals surface area contributed by atoms with E-state index in [1.807, 2.05) is 25.2 Å². The summed E-state index contributed by atoms with van der Waals surface area (Å²) in [6.45, 7) is 0. The predicted molar refractivity (Wildman–Crippen MR) is 70.4 cm³/mol. The molecule has 0 heterocycles. The predicted octanol–water partition coefficient (Wildman–Crippen LogP) is 3.92. The average molecular weight is 258 g/mol. The van der Waals surface area contributed by atoms with E-state index >= 15 is 0 Å². The Kier molecular flexibility index (Phi) is 4.12. The number of benzene rings is 1. The molecule has 88 valence electrons. The molecule has 16 heavy (non-hydrogen) atoms. The Bertz CT molecular complexity index is 361. The third-order valence-electron chi connectivity index (χ3n) is 3.29. The van der Waals surface area contributed by atoms with Crippen molar-refractivity contribution in [3.8, 4) is 0 Å². The van der Waals surface area contributed by atoms with Gasteiger partial charge in [-0.25, -0.2) is 0 Å². The second-order valence-electron chi connectivity index (χ2n) is 4.51. The summed E-state index contributed by atoms with van der Waals surface area (Å²) in [5, 5.41) is 4.99. The zero-order valence-corrected chi connectivity index (χ0v) is 11.0. The first-order valence-corrected chi connectivity index (χ1v) is 6.57. The summed E-state index contributed by atoms with van der Waals surface area (Å²) in [7, 11) is 2.04. The van der Waals surface area contributed by atoms with Crippen LogP contribution in [0.2, 0.25) is 10.0 Å². The highest BCUT2D eigenvalue weighted by atomic mass is 35.5. The van der Waals surface area contributed by atoms with Crippen molar-refractivity contribution >= 4 is 23.2 Å². The third kappa shape index (κ3) is 3.13. The maximum Gasteiger partial charge on any atom is 0.0439 e. The summed E-state index contributed by atoms with van der Waals surface area (Å²) >= 11 is 12.1. The van der Waals surface area contributed by atoms with Gasteiger partial charge in [-0.05, 0) is 62.4 Å². The van der Waals surface area contributed by atoms with Crippen molar-refractivity contribution in [1.82, 2.24) is 5.32 Å². The molecule has 1 aromatic carbocycles. The van der Waals surface area contributed by atoms with Crippen molar-refractivity contribution in [2.75, 3.05) is 7.05 Å². The quantitative estimate of drug-likeness (QED) is 0.843. The lowest BCUT2D eigenvalue weighted by atomic mass is 10.0. The summed E-state index contributed by atoms with van der Waals surface area (Å²) in [5.74, 6) is 0.878. The molecule has 1 nitrogen and oxygen atoms in total. The maximum absolute atomic E-state index is 6.14. The van der Waals surface area contributed by atoms with E-state index in [4.69, 9.17) is 23.2 Å². The normalized spacial score (nSPS) is 17.4. The molecule has 2 rings (SSSR count). The first kappa shape index (κ1) is 12.2. The van der Waals surface area contributed by atoms with Gasteiger partial charge in [0.25, 0.3) is 0 Å². The highest BCUT2D eigenvalue weighted by molar-refractivity contribution is 6.33. The minimum Gasteiger partial charge on any atom is -0.317 e. The van der Waals surface area contributed by atoms with E-state index in [2.05, 4.69) is 5.32 Å². The molecule has 1 fully saturated rings. The molecule has 0 bridgehead atoms. The Hall–Kier alpha value is -0.240. The van der Waals surface area contributed by atoms with E-state index in [9.17, 15) is 0 Å². The summed E-state index contributed by atoms with van der Waals surface area (Å²) < 4.78 is 0. The molecule has 1 atom stereocenters. The van der Waals surface area contributed by atoms with Crippen LogP contribution >= 0.6 is 23.2 Å². The zero-order chi connectivity index (χ0) is 11.5. The highest BCUT2D eigenvalue weighted by Gasteiger charge is 2.29. The van der Waals surface area contributed by atoms with Crippen LogP contribution < -0.4 is 5.32 Å². The standard InChI is InChI=1S/C13H17Cl2N/c1-16-13(9-2-3-9)7-4-10-8-11(14)5-6-12(10)15/h5-6,8-9,13,16H,2-4,7H2,1H3. The largest absolute Gasteiger partial charge is 0.317 e. The summed E-state index contributed by atoms with van der Waals surface area (Å²) in [5.41, 5.74) is 1.16. The highest BCUT2D eigenvalue weighted by Crippen LogP contribution is 2.34. The van der Waals surface area contributed by atoms with Crippen LogP contribution in [-0.4, -0.2) is 13.1 Å². The monoisotopic (exact) mass is 257 g/mol. The van der Waals surface area contributed by atoms with Gasteiger partial charge < -0.3 is 5.32 Å². The molecular formula is C13H17Cl2N. The maximum atomic E-state index is 6.14. The van der Waals surface area contributed by atoms with E-state index in [-0.39, 0.29) is 0 Å². The van der Waals surface area contributed by atoms with Crippen LogP contribution in [0.1, 0.15) is 24.8 Å². The molecule has 1 saturated carbocycles. The van der Waals surface area contributed by atoms with Crippen LogP contribution in [0.4, 0.5) is 0 Å². The van der Waals surface area contributed by atoms with Crippen molar-refractivity contribution in [2.24, 2.45) is 5.92 Å². The van der Waals surface area contributed by atoms with E-state index in [0.29, 0.717) is 6.04 Å². The lowest BCUT2D eigenvalue weighted by Gasteiger charge is -2.15. The van der Waals surface area contributed by atoms with Crippen molar-refractivity contribution < 1.29 is 0 Å². The van der Waals surface area contributed by atoms with Gasteiger partial charge in [-0.2, -0.15) is 0 Å². The fourth-order valence-electron chi connectivity index (χ4n) is 2.16. The van der Waals surface area contributed by atoms with Crippen LogP contribution in [0, 0.1) is 5.92 Å². The summed E-state index contributed by atoms with van der Waals surface area (Å²) in [6.07, 6.45) is 4.88. The second kappa shape index (κ2) is 5.39. The van der Waals surface area contributed by atoms with E-state index in [1.165, 1.54) is 12.8 Å². The average Bonchev–Trinajstić information content (AvgIpc) is 3.08. The van der Waals surface area contributed by atoms with Gasteiger partial charge >= 0.3 is 0 Å². The molecule has 1 aromatic rings. The first-order chi connectivity index (χ1) is 7.70. The fraction of sp³-hybridized carbons (Fsp3) is 0.538. The topological polar surface area (TPSA) is 12.0 Å². The van der Waals surface area contributed by atoms with Crippen molar-refractivity contribution in [3.05, 3.63) is 33.8 Å². The van der Waals surface area contributed by atoms with Crippen molar-refractivity contribution in [2.45, 2.75) is 31.7 Å². The van der Waals surface area contributed by atoms with Gasteiger partial charge in [0.05, 0.1) is 0 Å². The summed E-state index contributed by atoms with van der Waals surface area (Å²) in [4.78, 5) is 0. The molecule has 0 saturated heterocycles. The van der Waals surface area contributed by atoms with Crippen molar-refractivity contribution in [1.29, 1.82) is 0 Å². The molecule has 3 heteroatoms. The van der Waals surface area contributed by atoms with Gasteiger partial charge in [0.2, 0.25) is 0 Å². The van der Waals surface area contributed by atoms with Crippen molar-refractivity contribution in [3.63, 3.8) is 0 Å². The Labute approximate surface area is 107 Å². The van der Waals surface area contributed by atoms with E-state index in [0.717, 1.165) is 34.4 Å². The Balaban J connectivity index is 1.95. The fourth-order valence-corrected chi connectivity index (χ4v) is 2.57. The van der Waals surface area contributed by atoms with E-state index < -0.39 is 0 Å². The molecule has 0 radical (unpaired) electrons. The molecule has 1 N–H and O–H groups in total. The minimum atomic E-state index is 0.634. The minimum absolute atomic E-state index is 0.634. The molecule has 1 aliphatic rings. The SMILES string of the molecule is CNC(CCc1cc(Cl)ccc1Cl)C1CC1. The Morgan fingerprint density at radius 3 is 2.75 bits per heavy atom. The molecule has 1 aliphatic carbocycles. The van der Waals surface area contributed by atoms with Crippen LogP contribution in [0.25, 0.3) is 0 Å². The van der Waals surface area contributed by atoms with Gasteiger partial charge in [0, 0.05) is 16.1 Å². The third-order valence-corrected chi connectivity index (χ3v) is 3.90. The first-order valence-electron chi connectivity index (χ1n) is 5.82. The van der Waals surface area contributed by atoms with Crippen LogP contribution in [-0.2, 0) is 6.42 Å². The van der Waals surface area contributed by atoms with Gasteiger partial charge in [-0.1, -0.05) is 23.2 Å². The molecule has 0 spiro atoms. The Morgan fingerprint density at radius 1 is 1.38 bits per heavy atom. The number of nitrogens with one attached hydrogen (secondary N) is 1. The van der Waals surface area contributed by atoms with Gasteiger partial charge in [0.1, 0.15) is 0 Å². The summed E-state index contributed by atoms with van der Waals surface area (Å²) in [6, 6.07) is 6.33. The molecule has 1 unspecified atom stereocenters. The van der Waals surface area contributed by atoms with Crippen LogP contribution in [0.5, 0.6) is 0 Å². The number of halogens is 2. The van der Waals surface area contributed by atoms with Gasteiger partial charge in [-0.15, -0.1) is 0 Å². The van der Waals surface area contributed by atoms with Crippen LogP contribution in [0.15, 0.2) is 18.2 Å². The van der Waals surface area contributed by atoms with E-state index in [1.54, 1.807) is 0 Å². The smallest absolute Gasteiger partial charge is 0.0439 e. The lowest BCUT2D eigenvalue weighted by molar-refractivity contribution is 0.470. The number of hydrogen-bond donors (Lipinski definition) is 1. The molecular weight excluding hydrogens is 241 g/mol. The molecule has 0 aliphatic heterocycles. The lowest BCUT2D eigenvalue weighted by Crippen LogP contribution is -2.27. The zero-order valence-electron chi connectivity index (χ0n) is 9.47. The molecule has 0 aromatic heterocycles. The van der Waals surface area contributed by atoms with Gasteiger partial charge in [-0.3, -0.25) is 0 Å². The number of aryl methyl sites for hydroxylation is 1. The number of rotatable bonds is 5. The van der Waals surface area contributed by atoms with Gasteiger partial charge in [0.15, 0.2) is 0 Å². The molecule has 0 amide bonds. The second-order valence-corrected chi connectivity index (χ2v) is 5.35. The van der Waals surface area contributed by atoms with Crippen LogP contribution in [0.3, 0.4) is 0 Å². The number of hydrogen-bond acceptors (Lipinski definition) is 1. The Morgan fingerprint density at radius 2 is 2.12 bits per heavy atom.